The van der Waals surface area contributed by atoms with Crippen molar-refractivity contribution in [3.05, 3.63) is 22.7 Å². The molecule has 0 aliphatic heterocycles. The van der Waals surface area contributed by atoms with Crippen LogP contribution in [0.5, 0.6) is 0 Å². The van der Waals surface area contributed by atoms with Crippen LogP contribution < -0.4 is 10.9 Å². The minimum atomic E-state index is -0.959. The summed E-state index contributed by atoms with van der Waals surface area (Å²) in [5.74, 6) is -0.520. The van der Waals surface area contributed by atoms with Crippen LogP contribution >= 0.6 is 0 Å². The van der Waals surface area contributed by atoms with E-state index < -0.39 is 12.0 Å². The van der Waals surface area contributed by atoms with E-state index in [9.17, 15) is 9.59 Å². The van der Waals surface area contributed by atoms with Gasteiger partial charge in [-0.15, -0.1) is 0 Å². The molecule has 0 spiro atoms. The average molecular weight is 281 g/mol. The van der Waals surface area contributed by atoms with Crippen LogP contribution in [-0.2, 0) is 11.3 Å². The second-order valence-corrected chi connectivity index (χ2v) is 5.30. The first-order chi connectivity index (χ1) is 9.45. The molecule has 1 aromatic heterocycles. The smallest absolute Gasteiger partial charge is 0.326 e. The monoisotopic (exact) mass is 281 g/mol. The van der Waals surface area contributed by atoms with Gasteiger partial charge in [-0.1, -0.05) is 33.6 Å². The largest absolute Gasteiger partial charge is 0.480 e. The lowest BCUT2D eigenvalue weighted by Crippen LogP contribution is -2.34. The van der Waals surface area contributed by atoms with Crippen molar-refractivity contribution in [2.24, 2.45) is 5.92 Å². The predicted molar refractivity (Wildman–Crippen MR) is 77.9 cm³/mol. The van der Waals surface area contributed by atoms with Crippen LogP contribution in [0.4, 0.5) is 5.82 Å². The van der Waals surface area contributed by atoms with Crippen molar-refractivity contribution in [3.8, 4) is 0 Å². The molecular formula is C14H23N3O3. The van der Waals surface area contributed by atoms with Gasteiger partial charge >= 0.3 is 5.97 Å². The van der Waals surface area contributed by atoms with E-state index in [1.54, 1.807) is 10.8 Å². The zero-order valence-electron chi connectivity index (χ0n) is 12.3. The third-order valence-corrected chi connectivity index (χ3v) is 2.93. The molecule has 0 bridgehead atoms. The number of hydrogen-bond donors (Lipinski definition) is 2. The van der Waals surface area contributed by atoms with E-state index >= 15 is 0 Å². The van der Waals surface area contributed by atoms with Gasteiger partial charge in [0, 0.05) is 18.9 Å². The lowest BCUT2D eigenvalue weighted by Gasteiger charge is -2.15. The number of nitrogens with one attached hydrogen (secondary N) is 1. The molecule has 2 N–H and O–H groups in total. The molecule has 0 aromatic carbocycles. The molecule has 6 nitrogen and oxygen atoms in total. The normalized spacial score (nSPS) is 12.4. The van der Waals surface area contributed by atoms with E-state index in [1.165, 1.54) is 6.20 Å². The number of carboxylic acids is 1. The first-order valence-corrected chi connectivity index (χ1v) is 7.00. The van der Waals surface area contributed by atoms with Crippen LogP contribution in [0.3, 0.4) is 0 Å². The Morgan fingerprint density at radius 1 is 1.50 bits per heavy atom. The molecule has 6 heteroatoms. The van der Waals surface area contributed by atoms with Crippen LogP contribution in [0.2, 0.25) is 0 Å². The van der Waals surface area contributed by atoms with Crippen molar-refractivity contribution in [2.75, 3.05) is 5.32 Å². The maximum absolute atomic E-state index is 12.2. The number of aromatic nitrogens is 2. The molecule has 0 saturated heterocycles. The molecule has 1 unspecified atom stereocenters. The average Bonchev–Trinajstić information content (AvgIpc) is 2.37. The zero-order valence-corrected chi connectivity index (χ0v) is 12.3. The van der Waals surface area contributed by atoms with Crippen LogP contribution in [0.15, 0.2) is 17.2 Å². The molecule has 0 radical (unpaired) electrons. The summed E-state index contributed by atoms with van der Waals surface area (Å²) in [6.07, 6.45) is 5.31. The summed E-state index contributed by atoms with van der Waals surface area (Å²) in [6, 6.07) is -0.773. The van der Waals surface area contributed by atoms with Crippen LogP contribution in [0, 0.1) is 5.92 Å². The van der Waals surface area contributed by atoms with Crippen LogP contribution in [0.25, 0.3) is 0 Å². The molecule has 1 rings (SSSR count). The number of nitrogens with zero attached hydrogens (tertiary/aromatic N) is 2. The summed E-state index contributed by atoms with van der Waals surface area (Å²) in [5.41, 5.74) is -0.274. The second kappa shape index (κ2) is 7.67. The molecule has 1 heterocycles. The third kappa shape index (κ3) is 4.68. The van der Waals surface area contributed by atoms with Crippen molar-refractivity contribution in [1.29, 1.82) is 0 Å². The van der Waals surface area contributed by atoms with E-state index in [1.807, 2.05) is 20.8 Å². The zero-order chi connectivity index (χ0) is 15.1. The molecule has 1 aromatic rings. The van der Waals surface area contributed by atoms with E-state index in [4.69, 9.17) is 5.11 Å². The first kappa shape index (κ1) is 16.2. The maximum Gasteiger partial charge on any atom is 0.326 e. The topological polar surface area (TPSA) is 84.2 Å². The van der Waals surface area contributed by atoms with Crippen molar-refractivity contribution in [3.63, 3.8) is 0 Å². The van der Waals surface area contributed by atoms with Crippen molar-refractivity contribution in [1.82, 2.24) is 9.55 Å². The molecule has 0 aliphatic rings. The third-order valence-electron chi connectivity index (χ3n) is 2.93. The number of rotatable bonds is 8. The van der Waals surface area contributed by atoms with Crippen LogP contribution in [0.1, 0.15) is 40.0 Å². The predicted octanol–water partition coefficient (Wildman–Crippen LogP) is 1.95. The van der Waals surface area contributed by atoms with E-state index in [-0.39, 0.29) is 11.4 Å². The standard InChI is InChI=1S/C14H23N3O3/c1-4-5-6-11(14(19)20)16-12-13(18)17(8-7-15-12)9-10(2)3/h7-8,10-11H,4-6,9H2,1-3H3,(H,15,16)(H,19,20). The summed E-state index contributed by atoms with van der Waals surface area (Å²) in [6.45, 7) is 6.61. The summed E-state index contributed by atoms with van der Waals surface area (Å²) in [5, 5.41) is 11.9. The van der Waals surface area contributed by atoms with Gasteiger partial charge in [-0.25, -0.2) is 9.78 Å². The molecule has 0 aliphatic carbocycles. The first-order valence-electron chi connectivity index (χ1n) is 7.00. The van der Waals surface area contributed by atoms with Gasteiger partial charge in [0.05, 0.1) is 0 Å². The Bertz CT molecular complexity index is 497. The van der Waals surface area contributed by atoms with Gasteiger partial charge in [-0.3, -0.25) is 4.79 Å². The molecule has 0 amide bonds. The van der Waals surface area contributed by atoms with Gasteiger partial charge in [-0.05, 0) is 12.3 Å². The highest BCUT2D eigenvalue weighted by atomic mass is 16.4. The van der Waals surface area contributed by atoms with E-state index in [2.05, 4.69) is 10.3 Å². The molecule has 0 saturated carbocycles. The lowest BCUT2D eigenvalue weighted by atomic mass is 10.1. The van der Waals surface area contributed by atoms with E-state index in [0.29, 0.717) is 18.9 Å². The Balaban J connectivity index is 2.90. The van der Waals surface area contributed by atoms with Gasteiger partial charge in [0.2, 0.25) is 0 Å². The van der Waals surface area contributed by atoms with Gasteiger partial charge in [-0.2, -0.15) is 0 Å². The lowest BCUT2D eigenvalue weighted by molar-refractivity contribution is -0.138. The summed E-state index contributed by atoms with van der Waals surface area (Å²) < 4.78 is 1.55. The van der Waals surface area contributed by atoms with Gasteiger partial charge in [0.1, 0.15) is 6.04 Å². The van der Waals surface area contributed by atoms with Crippen molar-refractivity contribution >= 4 is 11.8 Å². The number of unbranched alkanes of at least 4 members (excludes halogenated alkanes) is 1. The highest BCUT2D eigenvalue weighted by molar-refractivity contribution is 5.76. The fourth-order valence-electron chi connectivity index (χ4n) is 1.91. The van der Waals surface area contributed by atoms with Gasteiger partial charge in [0.25, 0.3) is 5.56 Å². The van der Waals surface area contributed by atoms with Crippen molar-refractivity contribution < 1.29 is 9.90 Å². The SMILES string of the molecule is CCCCC(Nc1nccn(CC(C)C)c1=O)C(=O)O. The Kier molecular flexibility index (Phi) is 6.21. The summed E-state index contributed by atoms with van der Waals surface area (Å²) >= 11 is 0. The molecule has 112 valence electrons. The summed E-state index contributed by atoms with van der Waals surface area (Å²) in [4.78, 5) is 27.3. The number of anilines is 1. The molecule has 1 atom stereocenters. The Morgan fingerprint density at radius 2 is 2.20 bits per heavy atom. The Morgan fingerprint density at radius 3 is 2.75 bits per heavy atom. The number of aliphatic carboxylic acids is 1. The highest BCUT2D eigenvalue weighted by Crippen LogP contribution is 2.06. The molecular weight excluding hydrogens is 258 g/mol. The Hall–Kier alpha value is -1.85. The highest BCUT2D eigenvalue weighted by Gasteiger charge is 2.19. The quantitative estimate of drug-likeness (QED) is 0.761. The summed E-state index contributed by atoms with van der Waals surface area (Å²) in [7, 11) is 0. The number of hydrogen-bond acceptors (Lipinski definition) is 4. The maximum atomic E-state index is 12.2. The molecule has 0 fully saturated rings. The number of carbonyl (C=O) groups is 1. The number of carboxylic acid groups (broad SMARTS) is 1. The van der Waals surface area contributed by atoms with E-state index in [0.717, 1.165) is 12.8 Å². The Labute approximate surface area is 118 Å². The second-order valence-electron chi connectivity index (χ2n) is 5.30. The fraction of sp³-hybridized carbons (Fsp3) is 0.643. The minimum absolute atomic E-state index is 0.108. The van der Waals surface area contributed by atoms with Crippen molar-refractivity contribution in [2.45, 2.75) is 52.6 Å². The van der Waals surface area contributed by atoms with Crippen LogP contribution in [-0.4, -0.2) is 26.7 Å². The fourth-order valence-corrected chi connectivity index (χ4v) is 1.91. The van der Waals surface area contributed by atoms with Gasteiger partial charge in [0.15, 0.2) is 5.82 Å². The minimum Gasteiger partial charge on any atom is -0.480 e. The molecule has 20 heavy (non-hydrogen) atoms. The van der Waals surface area contributed by atoms with Gasteiger partial charge < -0.3 is 15.0 Å².